The second-order valence-corrected chi connectivity index (χ2v) is 12.7. The van der Waals surface area contributed by atoms with Crippen molar-refractivity contribution in [2.75, 3.05) is 10.8 Å². The summed E-state index contributed by atoms with van der Waals surface area (Å²) in [5.74, 6) is -0.743. The third-order valence-electron chi connectivity index (χ3n) is 6.22. The second kappa shape index (κ2) is 12.5. The molecule has 0 aromatic heterocycles. The van der Waals surface area contributed by atoms with Gasteiger partial charge < -0.3 is 10.2 Å². The highest BCUT2D eigenvalue weighted by atomic mass is 32.2. The van der Waals surface area contributed by atoms with E-state index in [1.54, 1.807) is 36.4 Å². The Morgan fingerprint density at radius 3 is 2.05 bits per heavy atom. The highest BCUT2D eigenvalue weighted by molar-refractivity contribution is 7.92. The van der Waals surface area contributed by atoms with Gasteiger partial charge >= 0.3 is 0 Å². The van der Waals surface area contributed by atoms with Crippen molar-refractivity contribution in [1.29, 1.82) is 0 Å². The maximum Gasteiger partial charge on any atom is 0.264 e. The number of amides is 2. The first-order chi connectivity index (χ1) is 18.3. The SMILES string of the molecule is CC[C@@H](C(=O)NC(C)(C)C)N(Cc1cccc(C)c1)C(=O)CN(c1cccc(C)c1)S(=O)(=O)c1ccccc1. The fourth-order valence-corrected chi connectivity index (χ4v) is 5.84. The maximum absolute atomic E-state index is 14.1. The molecule has 0 heterocycles. The van der Waals surface area contributed by atoms with Crippen LogP contribution in [-0.4, -0.2) is 43.3 Å². The zero-order chi connectivity index (χ0) is 28.8. The standard InChI is InChI=1S/C31H39N3O4S/c1-7-28(30(36)32-31(4,5)6)33(21-25-15-11-13-23(2)19-25)29(35)22-34(26-16-12-14-24(3)20-26)39(37,38)27-17-9-8-10-18-27/h8-20,28H,7,21-22H2,1-6H3,(H,32,36)/t28-/m0/s1. The summed E-state index contributed by atoms with van der Waals surface area (Å²) in [4.78, 5) is 29.0. The van der Waals surface area contributed by atoms with Gasteiger partial charge in [-0.25, -0.2) is 8.42 Å². The molecule has 1 N–H and O–H groups in total. The largest absolute Gasteiger partial charge is 0.350 e. The summed E-state index contributed by atoms with van der Waals surface area (Å²) in [7, 11) is -4.08. The van der Waals surface area contributed by atoms with E-state index in [2.05, 4.69) is 5.32 Å². The van der Waals surface area contributed by atoms with Crippen LogP contribution >= 0.6 is 0 Å². The number of benzene rings is 3. The molecule has 0 unspecified atom stereocenters. The van der Waals surface area contributed by atoms with Gasteiger partial charge in [-0.3, -0.25) is 13.9 Å². The van der Waals surface area contributed by atoms with Gasteiger partial charge in [-0.15, -0.1) is 0 Å². The van der Waals surface area contributed by atoms with Gasteiger partial charge in [0.05, 0.1) is 10.6 Å². The Bertz CT molecular complexity index is 1400. The van der Waals surface area contributed by atoms with Crippen LogP contribution in [0, 0.1) is 13.8 Å². The summed E-state index contributed by atoms with van der Waals surface area (Å²) in [6, 6.07) is 22.1. The van der Waals surface area contributed by atoms with E-state index in [4.69, 9.17) is 0 Å². The Balaban J connectivity index is 2.07. The molecule has 0 fully saturated rings. The van der Waals surface area contributed by atoms with E-state index < -0.39 is 34.1 Å². The third kappa shape index (κ3) is 7.93. The molecule has 0 spiro atoms. The number of aryl methyl sites for hydroxylation is 2. The first-order valence-corrected chi connectivity index (χ1v) is 14.6. The topological polar surface area (TPSA) is 86.8 Å². The molecule has 3 aromatic rings. The van der Waals surface area contributed by atoms with Crippen LogP contribution in [0.3, 0.4) is 0 Å². The molecule has 208 valence electrons. The van der Waals surface area contributed by atoms with Crippen molar-refractivity contribution in [3.8, 4) is 0 Å². The first kappa shape index (κ1) is 29.9. The summed E-state index contributed by atoms with van der Waals surface area (Å²) in [6.45, 7) is 11.1. The van der Waals surface area contributed by atoms with E-state index in [9.17, 15) is 18.0 Å². The van der Waals surface area contributed by atoms with Crippen molar-refractivity contribution in [3.05, 3.63) is 95.6 Å². The molecule has 1 atom stereocenters. The van der Waals surface area contributed by atoms with E-state index in [1.165, 1.54) is 17.0 Å². The minimum Gasteiger partial charge on any atom is -0.350 e. The summed E-state index contributed by atoms with van der Waals surface area (Å²) in [5, 5.41) is 2.99. The fraction of sp³-hybridized carbons (Fsp3) is 0.355. The molecule has 2 amide bonds. The summed E-state index contributed by atoms with van der Waals surface area (Å²) in [6.07, 6.45) is 0.370. The van der Waals surface area contributed by atoms with Crippen LogP contribution in [-0.2, 0) is 26.2 Å². The molecule has 0 radical (unpaired) electrons. The van der Waals surface area contributed by atoms with Gasteiger partial charge in [0, 0.05) is 12.1 Å². The number of hydrogen-bond acceptors (Lipinski definition) is 4. The molecular weight excluding hydrogens is 510 g/mol. The van der Waals surface area contributed by atoms with E-state index in [-0.39, 0.29) is 17.3 Å². The monoisotopic (exact) mass is 549 g/mol. The lowest BCUT2D eigenvalue weighted by Crippen LogP contribution is -2.55. The van der Waals surface area contributed by atoms with Gasteiger partial charge in [-0.05, 0) is 76.4 Å². The Labute approximate surface area is 232 Å². The van der Waals surface area contributed by atoms with Crippen LogP contribution in [0.15, 0.2) is 83.8 Å². The van der Waals surface area contributed by atoms with Gasteiger partial charge in [0.15, 0.2) is 0 Å². The highest BCUT2D eigenvalue weighted by Crippen LogP contribution is 2.25. The predicted octanol–water partition coefficient (Wildman–Crippen LogP) is 5.22. The van der Waals surface area contributed by atoms with E-state index in [1.807, 2.05) is 71.9 Å². The molecule has 8 heteroatoms. The number of hydrogen-bond donors (Lipinski definition) is 1. The van der Waals surface area contributed by atoms with Crippen LogP contribution in [0.5, 0.6) is 0 Å². The number of carbonyl (C=O) groups excluding carboxylic acids is 2. The third-order valence-corrected chi connectivity index (χ3v) is 8.01. The van der Waals surface area contributed by atoms with Crippen molar-refractivity contribution >= 4 is 27.5 Å². The Hall–Kier alpha value is -3.65. The van der Waals surface area contributed by atoms with Gasteiger partial charge in [0.1, 0.15) is 12.6 Å². The van der Waals surface area contributed by atoms with Crippen molar-refractivity contribution in [1.82, 2.24) is 10.2 Å². The quantitative estimate of drug-likeness (QED) is 0.376. The van der Waals surface area contributed by atoms with Crippen molar-refractivity contribution in [3.63, 3.8) is 0 Å². The van der Waals surface area contributed by atoms with Crippen molar-refractivity contribution in [2.45, 2.75) is 71.0 Å². The Morgan fingerprint density at radius 1 is 0.872 bits per heavy atom. The molecule has 3 rings (SSSR count). The van der Waals surface area contributed by atoms with Crippen LogP contribution in [0.1, 0.15) is 50.8 Å². The lowest BCUT2D eigenvalue weighted by atomic mass is 10.0. The lowest BCUT2D eigenvalue weighted by molar-refractivity contribution is -0.141. The molecular formula is C31H39N3O4S. The van der Waals surface area contributed by atoms with Crippen molar-refractivity contribution in [2.24, 2.45) is 0 Å². The molecule has 39 heavy (non-hydrogen) atoms. The number of nitrogens with zero attached hydrogens (tertiary/aromatic N) is 2. The number of anilines is 1. The van der Waals surface area contributed by atoms with E-state index in [0.29, 0.717) is 12.1 Å². The molecule has 0 saturated carbocycles. The number of sulfonamides is 1. The summed E-state index contributed by atoms with van der Waals surface area (Å²) < 4.78 is 28.8. The highest BCUT2D eigenvalue weighted by Gasteiger charge is 2.34. The normalized spacial score (nSPS) is 12.5. The second-order valence-electron chi connectivity index (χ2n) is 10.8. The Kier molecular flexibility index (Phi) is 9.56. The minimum absolute atomic E-state index is 0.0852. The molecule has 0 aliphatic heterocycles. The molecule has 0 aliphatic rings. The van der Waals surface area contributed by atoms with Crippen LogP contribution < -0.4 is 9.62 Å². The smallest absolute Gasteiger partial charge is 0.264 e. The predicted molar refractivity (Wildman–Crippen MR) is 156 cm³/mol. The summed E-state index contributed by atoms with van der Waals surface area (Å²) in [5.41, 5.74) is 2.64. The number of rotatable bonds is 10. The lowest BCUT2D eigenvalue weighted by Gasteiger charge is -2.35. The van der Waals surface area contributed by atoms with Crippen molar-refractivity contribution < 1.29 is 18.0 Å². The van der Waals surface area contributed by atoms with Crippen LogP contribution in [0.2, 0.25) is 0 Å². The zero-order valence-electron chi connectivity index (χ0n) is 23.6. The van der Waals surface area contributed by atoms with E-state index >= 15 is 0 Å². The minimum atomic E-state index is -4.08. The maximum atomic E-state index is 14.1. The average molecular weight is 550 g/mol. The number of carbonyl (C=O) groups is 2. The summed E-state index contributed by atoms with van der Waals surface area (Å²) >= 11 is 0. The van der Waals surface area contributed by atoms with Gasteiger partial charge in [0.25, 0.3) is 10.0 Å². The van der Waals surface area contributed by atoms with Crippen LogP contribution in [0.25, 0.3) is 0 Å². The van der Waals surface area contributed by atoms with Gasteiger partial charge in [-0.2, -0.15) is 0 Å². The molecule has 0 bridgehead atoms. The Morgan fingerprint density at radius 2 is 1.49 bits per heavy atom. The van der Waals surface area contributed by atoms with E-state index in [0.717, 1.165) is 21.0 Å². The molecule has 7 nitrogen and oxygen atoms in total. The number of nitrogens with one attached hydrogen (secondary N) is 1. The molecule has 3 aromatic carbocycles. The first-order valence-electron chi connectivity index (χ1n) is 13.1. The molecule has 0 aliphatic carbocycles. The zero-order valence-corrected chi connectivity index (χ0v) is 24.5. The van der Waals surface area contributed by atoms with Crippen LogP contribution in [0.4, 0.5) is 5.69 Å². The average Bonchev–Trinajstić information content (AvgIpc) is 2.86. The molecule has 0 saturated heterocycles. The van der Waals surface area contributed by atoms with Gasteiger partial charge in [-0.1, -0.05) is 67.1 Å². The fourth-order valence-electron chi connectivity index (χ4n) is 4.41. The van der Waals surface area contributed by atoms with Gasteiger partial charge in [0.2, 0.25) is 11.8 Å².